The van der Waals surface area contributed by atoms with Crippen molar-refractivity contribution < 1.29 is 10.3 Å². The number of nitrogens with one attached hydrogen (secondary N) is 1. The lowest BCUT2D eigenvalue weighted by molar-refractivity contribution is 0.251. The van der Waals surface area contributed by atoms with E-state index in [1.165, 1.54) is 0 Å². The van der Waals surface area contributed by atoms with Crippen molar-refractivity contribution in [2.24, 2.45) is 10.9 Å². The number of amidine groups is 1. The number of hydrogen-bond acceptors (Lipinski definition) is 5. The third-order valence-corrected chi connectivity index (χ3v) is 2.16. The van der Waals surface area contributed by atoms with Crippen LogP contribution in [0, 0.1) is 0 Å². The van der Waals surface area contributed by atoms with Crippen molar-refractivity contribution in [1.82, 2.24) is 10.3 Å². The second-order valence-corrected chi connectivity index (χ2v) is 3.46. The van der Waals surface area contributed by atoms with Gasteiger partial charge in [0.2, 0.25) is 0 Å². The van der Waals surface area contributed by atoms with Crippen molar-refractivity contribution in [2.45, 2.75) is 19.5 Å². The first-order valence-electron chi connectivity index (χ1n) is 4.95. The van der Waals surface area contributed by atoms with E-state index in [9.17, 15) is 0 Å². The van der Waals surface area contributed by atoms with Gasteiger partial charge in [0.1, 0.15) is 5.69 Å². The molecule has 0 aliphatic rings. The van der Waals surface area contributed by atoms with Gasteiger partial charge in [-0.15, -0.1) is 0 Å². The number of aliphatic hydroxyl groups excluding tert-OH is 1. The van der Waals surface area contributed by atoms with E-state index in [4.69, 9.17) is 16.0 Å². The lowest BCUT2D eigenvalue weighted by Gasteiger charge is -2.12. The highest BCUT2D eigenvalue weighted by molar-refractivity contribution is 5.96. The highest BCUT2D eigenvalue weighted by atomic mass is 16.4. The van der Waals surface area contributed by atoms with Crippen LogP contribution in [-0.2, 0) is 6.54 Å². The Morgan fingerprint density at radius 1 is 1.69 bits per heavy atom. The van der Waals surface area contributed by atoms with Crippen molar-refractivity contribution in [3.63, 3.8) is 0 Å². The summed E-state index contributed by atoms with van der Waals surface area (Å²) in [5, 5.41) is 23.5. The standard InChI is InChI=1S/C10H16N4O2/c1-7(6-15)13-5-8-3-2-4-12-9(8)10(11)14-16/h2-4,7,13,15-16H,5-6H2,1H3,(H2,11,14). The molecule has 1 heterocycles. The minimum absolute atomic E-state index is 0.0136. The lowest BCUT2D eigenvalue weighted by atomic mass is 10.1. The smallest absolute Gasteiger partial charge is 0.189 e. The molecule has 0 amide bonds. The molecule has 0 bridgehead atoms. The average Bonchev–Trinajstić information content (AvgIpc) is 2.35. The number of oxime groups is 1. The summed E-state index contributed by atoms with van der Waals surface area (Å²) in [4.78, 5) is 4.03. The zero-order valence-corrected chi connectivity index (χ0v) is 9.09. The maximum Gasteiger partial charge on any atom is 0.189 e. The summed E-state index contributed by atoms with van der Waals surface area (Å²) in [5.41, 5.74) is 6.76. The van der Waals surface area contributed by atoms with Gasteiger partial charge in [-0.3, -0.25) is 4.98 Å². The largest absolute Gasteiger partial charge is 0.409 e. The number of pyridine rings is 1. The normalized spacial score (nSPS) is 13.8. The van der Waals surface area contributed by atoms with E-state index in [2.05, 4.69) is 15.5 Å². The van der Waals surface area contributed by atoms with E-state index in [1.807, 2.05) is 13.0 Å². The van der Waals surface area contributed by atoms with Crippen LogP contribution in [0.25, 0.3) is 0 Å². The highest BCUT2D eigenvalue weighted by Crippen LogP contribution is 2.05. The van der Waals surface area contributed by atoms with Crippen molar-refractivity contribution in [1.29, 1.82) is 0 Å². The minimum atomic E-state index is -0.0194. The van der Waals surface area contributed by atoms with Gasteiger partial charge in [0, 0.05) is 18.8 Å². The van der Waals surface area contributed by atoms with Gasteiger partial charge >= 0.3 is 0 Å². The number of aliphatic hydroxyl groups is 1. The first-order chi connectivity index (χ1) is 7.69. The lowest BCUT2D eigenvalue weighted by Crippen LogP contribution is -2.30. The molecule has 1 atom stereocenters. The van der Waals surface area contributed by atoms with Crippen molar-refractivity contribution >= 4 is 5.84 Å². The summed E-state index contributed by atoms with van der Waals surface area (Å²) < 4.78 is 0. The molecule has 0 saturated heterocycles. The number of hydrogen-bond donors (Lipinski definition) is 4. The van der Waals surface area contributed by atoms with Crippen LogP contribution < -0.4 is 11.1 Å². The maximum atomic E-state index is 8.87. The number of nitrogens with zero attached hydrogens (tertiary/aromatic N) is 2. The van der Waals surface area contributed by atoms with Crippen LogP contribution >= 0.6 is 0 Å². The summed E-state index contributed by atoms with van der Waals surface area (Å²) in [5.74, 6) is -0.0194. The summed E-state index contributed by atoms with van der Waals surface area (Å²) in [6, 6.07) is 3.59. The second kappa shape index (κ2) is 6.04. The van der Waals surface area contributed by atoms with Gasteiger partial charge in [-0.05, 0) is 18.6 Å². The Balaban J connectivity index is 2.79. The summed E-state index contributed by atoms with van der Waals surface area (Å²) in [6.07, 6.45) is 1.58. The second-order valence-electron chi connectivity index (χ2n) is 3.46. The van der Waals surface area contributed by atoms with Gasteiger partial charge in [0.05, 0.1) is 6.61 Å². The Morgan fingerprint density at radius 2 is 2.44 bits per heavy atom. The van der Waals surface area contributed by atoms with Crippen molar-refractivity contribution in [3.05, 3.63) is 29.6 Å². The molecular formula is C10H16N4O2. The third-order valence-electron chi connectivity index (χ3n) is 2.16. The quantitative estimate of drug-likeness (QED) is 0.237. The molecule has 1 aromatic rings. The SMILES string of the molecule is CC(CO)NCc1cccnc1C(N)=NO. The number of aromatic nitrogens is 1. The van der Waals surface area contributed by atoms with E-state index >= 15 is 0 Å². The van der Waals surface area contributed by atoms with E-state index in [1.54, 1.807) is 12.3 Å². The molecule has 0 radical (unpaired) electrons. The van der Waals surface area contributed by atoms with Crippen LogP contribution in [0.3, 0.4) is 0 Å². The summed E-state index contributed by atoms with van der Waals surface area (Å²) >= 11 is 0. The maximum absolute atomic E-state index is 8.87. The van der Waals surface area contributed by atoms with Gasteiger partial charge in [-0.25, -0.2) is 0 Å². The molecule has 88 valence electrons. The molecule has 5 N–H and O–H groups in total. The van der Waals surface area contributed by atoms with E-state index < -0.39 is 0 Å². The number of rotatable bonds is 5. The van der Waals surface area contributed by atoms with E-state index in [0.29, 0.717) is 12.2 Å². The van der Waals surface area contributed by atoms with Gasteiger partial charge < -0.3 is 21.4 Å². The predicted molar refractivity (Wildman–Crippen MR) is 60.1 cm³/mol. The molecule has 1 unspecified atom stereocenters. The molecule has 0 aliphatic heterocycles. The summed E-state index contributed by atoms with van der Waals surface area (Å²) in [6.45, 7) is 2.42. The Hall–Kier alpha value is -1.66. The fourth-order valence-electron chi connectivity index (χ4n) is 1.21. The molecule has 6 nitrogen and oxygen atoms in total. The third kappa shape index (κ3) is 3.18. The van der Waals surface area contributed by atoms with Gasteiger partial charge in [0.25, 0.3) is 0 Å². The molecule has 1 aromatic heterocycles. The van der Waals surface area contributed by atoms with Gasteiger partial charge in [-0.2, -0.15) is 0 Å². The average molecular weight is 224 g/mol. The monoisotopic (exact) mass is 224 g/mol. The topological polar surface area (TPSA) is 104 Å². The Labute approximate surface area is 93.8 Å². The highest BCUT2D eigenvalue weighted by Gasteiger charge is 2.08. The van der Waals surface area contributed by atoms with Crippen LogP contribution in [-0.4, -0.2) is 33.8 Å². The Bertz CT molecular complexity index is 368. The molecule has 6 heteroatoms. The molecule has 0 fully saturated rings. The van der Waals surface area contributed by atoms with E-state index in [0.717, 1.165) is 5.56 Å². The van der Waals surface area contributed by atoms with Gasteiger partial charge in [0.15, 0.2) is 5.84 Å². The molecule has 0 saturated carbocycles. The van der Waals surface area contributed by atoms with E-state index in [-0.39, 0.29) is 18.5 Å². The fourth-order valence-corrected chi connectivity index (χ4v) is 1.21. The molecular weight excluding hydrogens is 208 g/mol. The molecule has 1 rings (SSSR count). The predicted octanol–water partition coefficient (Wildman–Crippen LogP) is -0.353. The molecule has 0 spiro atoms. The first kappa shape index (κ1) is 12.4. The van der Waals surface area contributed by atoms with Crippen molar-refractivity contribution in [2.75, 3.05) is 6.61 Å². The fraction of sp³-hybridized carbons (Fsp3) is 0.400. The van der Waals surface area contributed by atoms with Crippen LogP contribution in [0.2, 0.25) is 0 Å². The minimum Gasteiger partial charge on any atom is -0.409 e. The Morgan fingerprint density at radius 3 is 3.06 bits per heavy atom. The van der Waals surface area contributed by atoms with Crippen LogP contribution in [0.15, 0.2) is 23.5 Å². The van der Waals surface area contributed by atoms with Crippen LogP contribution in [0.4, 0.5) is 0 Å². The zero-order chi connectivity index (χ0) is 12.0. The van der Waals surface area contributed by atoms with Gasteiger partial charge in [-0.1, -0.05) is 11.2 Å². The Kier molecular flexibility index (Phi) is 4.68. The summed E-state index contributed by atoms with van der Waals surface area (Å²) in [7, 11) is 0. The van der Waals surface area contributed by atoms with Crippen LogP contribution in [0.1, 0.15) is 18.2 Å². The molecule has 0 aliphatic carbocycles. The molecule has 16 heavy (non-hydrogen) atoms. The molecule has 0 aromatic carbocycles. The van der Waals surface area contributed by atoms with Crippen molar-refractivity contribution in [3.8, 4) is 0 Å². The zero-order valence-electron chi connectivity index (χ0n) is 9.09. The first-order valence-corrected chi connectivity index (χ1v) is 4.95. The number of nitrogens with two attached hydrogens (primary N) is 1. The van der Waals surface area contributed by atoms with Crippen LogP contribution in [0.5, 0.6) is 0 Å².